The summed E-state index contributed by atoms with van der Waals surface area (Å²) in [6.45, 7) is 9.94. The molecule has 3 aromatic rings. The lowest BCUT2D eigenvalue weighted by Gasteiger charge is -2.11. The van der Waals surface area contributed by atoms with E-state index in [1.165, 1.54) is 12.1 Å². The molecule has 2 aromatic carbocycles. The minimum atomic E-state index is -4.36. The molecule has 0 aliphatic carbocycles. The number of rotatable bonds is 8. The Morgan fingerprint density at radius 1 is 1.12 bits per heavy atom. The second-order valence-electron chi connectivity index (χ2n) is 7.86. The number of hydrogen-bond acceptors (Lipinski definition) is 3. The fraction of sp³-hybridized carbons (Fsp3) is 0.385. The van der Waals surface area contributed by atoms with Crippen molar-refractivity contribution in [1.29, 1.82) is 0 Å². The van der Waals surface area contributed by atoms with E-state index in [0.717, 1.165) is 51.6 Å². The van der Waals surface area contributed by atoms with Crippen LogP contribution in [0.1, 0.15) is 61.1 Å². The van der Waals surface area contributed by atoms with Crippen LogP contribution in [0.15, 0.2) is 53.6 Å². The molecule has 0 bridgehead atoms. The fourth-order valence-corrected chi connectivity index (χ4v) is 4.65. The summed E-state index contributed by atoms with van der Waals surface area (Å²) in [7, 11) is 0. The smallest absolute Gasteiger partial charge is 0.416 e. The van der Waals surface area contributed by atoms with Gasteiger partial charge in [0, 0.05) is 11.1 Å². The first kappa shape index (κ1) is 27.5. The first-order valence-electron chi connectivity index (χ1n) is 11.2. The summed E-state index contributed by atoms with van der Waals surface area (Å²) in [4.78, 5) is 12.0. The molecule has 34 heavy (non-hydrogen) atoms. The Labute approximate surface area is 203 Å². The maximum absolute atomic E-state index is 12.8. The van der Waals surface area contributed by atoms with E-state index in [4.69, 9.17) is 5.11 Å². The number of aryl methyl sites for hydroxylation is 2. The van der Waals surface area contributed by atoms with Crippen molar-refractivity contribution >= 4 is 17.7 Å². The lowest BCUT2D eigenvalue weighted by molar-refractivity contribution is -0.138. The molecule has 8 heteroatoms. The van der Waals surface area contributed by atoms with Gasteiger partial charge >= 0.3 is 12.1 Å². The van der Waals surface area contributed by atoms with E-state index < -0.39 is 17.7 Å². The van der Waals surface area contributed by atoms with E-state index in [9.17, 15) is 18.0 Å². The van der Waals surface area contributed by atoms with Gasteiger partial charge in [-0.1, -0.05) is 26.8 Å². The van der Waals surface area contributed by atoms with Gasteiger partial charge in [-0.2, -0.15) is 18.3 Å². The third kappa shape index (κ3) is 7.38. The van der Waals surface area contributed by atoms with Crippen LogP contribution in [0, 0.1) is 13.8 Å². The Hall–Kier alpha value is -2.74. The molecule has 0 aliphatic heterocycles. The van der Waals surface area contributed by atoms with E-state index in [1.807, 2.05) is 52.1 Å². The van der Waals surface area contributed by atoms with E-state index >= 15 is 0 Å². The number of benzene rings is 2. The van der Waals surface area contributed by atoms with Crippen LogP contribution in [0.2, 0.25) is 0 Å². The van der Waals surface area contributed by atoms with Crippen molar-refractivity contribution in [3.8, 4) is 5.69 Å². The number of carboxylic acid groups (broad SMARTS) is 1. The summed E-state index contributed by atoms with van der Waals surface area (Å²) >= 11 is 1.72. The monoisotopic (exact) mass is 492 g/mol. The third-order valence-corrected chi connectivity index (χ3v) is 6.43. The largest absolute Gasteiger partial charge is 0.481 e. The van der Waals surface area contributed by atoms with Gasteiger partial charge in [0.05, 0.1) is 23.4 Å². The van der Waals surface area contributed by atoms with Crippen molar-refractivity contribution < 1.29 is 23.1 Å². The molecule has 0 aliphatic rings. The highest BCUT2D eigenvalue weighted by atomic mass is 32.2. The van der Waals surface area contributed by atoms with Crippen LogP contribution in [-0.4, -0.2) is 26.6 Å². The lowest BCUT2D eigenvalue weighted by Crippen LogP contribution is -2.05. The zero-order valence-electron chi connectivity index (χ0n) is 20.1. The maximum Gasteiger partial charge on any atom is 0.416 e. The molecule has 184 valence electrons. The fourth-order valence-electron chi connectivity index (χ4n) is 3.52. The van der Waals surface area contributed by atoms with Crippen LogP contribution >= 0.6 is 11.8 Å². The van der Waals surface area contributed by atoms with Gasteiger partial charge in [-0.3, -0.25) is 4.79 Å². The predicted molar refractivity (Wildman–Crippen MR) is 131 cm³/mol. The molecule has 1 N–H and O–H groups in total. The number of carboxylic acids is 1. The van der Waals surface area contributed by atoms with Gasteiger partial charge in [-0.15, -0.1) is 11.8 Å². The van der Waals surface area contributed by atoms with Crippen molar-refractivity contribution in [2.75, 3.05) is 5.75 Å². The molecule has 1 heterocycles. The number of thioether (sulfide) groups is 1. The second kappa shape index (κ2) is 12.1. The van der Waals surface area contributed by atoms with E-state index in [1.54, 1.807) is 16.4 Å². The highest BCUT2D eigenvalue weighted by Gasteiger charge is 2.30. The van der Waals surface area contributed by atoms with Crippen LogP contribution in [0.5, 0.6) is 0 Å². The zero-order chi connectivity index (χ0) is 25.5. The van der Waals surface area contributed by atoms with Crippen molar-refractivity contribution in [1.82, 2.24) is 9.78 Å². The second-order valence-corrected chi connectivity index (χ2v) is 9.02. The third-order valence-electron chi connectivity index (χ3n) is 5.40. The SMILES string of the molecule is CC.Cc1cc(SCCC(C)c2cn(-c3ccc(C(F)(F)F)cc3)nc2C)ccc1CC(=O)O. The number of alkyl halides is 3. The quantitative estimate of drug-likeness (QED) is 0.332. The van der Waals surface area contributed by atoms with Crippen LogP contribution < -0.4 is 0 Å². The summed E-state index contributed by atoms with van der Waals surface area (Å²) in [6.07, 6.45) is -1.54. The number of aliphatic carboxylic acids is 1. The van der Waals surface area contributed by atoms with E-state index in [0.29, 0.717) is 5.69 Å². The average molecular weight is 493 g/mol. The van der Waals surface area contributed by atoms with Gasteiger partial charge in [0.2, 0.25) is 0 Å². The number of aromatic nitrogens is 2. The Morgan fingerprint density at radius 2 is 1.76 bits per heavy atom. The molecule has 1 atom stereocenters. The topological polar surface area (TPSA) is 55.1 Å². The van der Waals surface area contributed by atoms with Gasteiger partial charge in [-0.25, -0.2) is 4.68 Å². The first-order chi connectivity index (χ1) is 16.0. The summed E-state index contributed by atoms with van der Waals surface area (Å²) < 4.78 is 40.0. The molecule has 4 nitrogen and oxygen atoms in total. The van der Waals surface area contributed by atoms with E-state index in [2.05, 4.69) is 12.0 Å². The van der Waals surface area contributed by atoms with Crippen LogP contribution in [0.25, 0.3) is 5.69 Å². The number of carbonyl (C=O) groups is 1. The molecule has 0 spiro atoms. The summed E-state index contributed by atoms with van der Waals surface area (Å²) in [5, 5.41) is 13.4. The van der Waals surface area contributed by atoms with Crippen molar-refractivity contribution in [2.24, 2.45) is 0 Å². The highest BCUT2D eigenvalue weighted by Crippen LogP contribution is 2.31. The van der Waals surface area contributed by atoms with Gasteiger partial charge < -0.3 is 5.11 Å². The van der Waals surface area contributed by atoms with Crippen LogP contribution in [0.4, 0.5) is 13.2 Å². The number of hydrogen-bond donors (Lipinski definition) is 1. The summed E-state index contributed by atoms with van der Waals surface area (Å²) in [6, 6.07) is 10.8. The van der Waals surface area contributed by atoms with Gasteiger partial charge in [0.25, 0.3) is 0 Å². The summed E-state index contributed by atoms with van der Waals surface area (Å²) in [5.41, 5.74) is 3.63. The average Bonchev–Trinajstić information content (AvgIpc) is 3.18. The molecular formula is C26H31F3N2O2S. The Bertz CT molecular complexity index is 1090. The molecule has 0 amide bonds. The van der Waals surface area contributed by atoms with Crippen LogP contribution in [-0.2, 0) is 17.4 Å². The lowest BCUT2D eigenvalue weighted by atomic mass is 10.00. The maximum atomic E-state index is 12.8. The van der Waals surface area contributed by atoms with Crippen molar-refractivity contribution in [3.05, 3.63) is 76.6 Å². The molecule has 0 saturated carbocycles. The van der Waals surface area contributed by atoms with Gasteiger partial charge in [-0.05, 0) is 85.0 Å². The van der Waals surface area contributed by atoms with Gasteiger partial charge in [0.15, 0.2) is 0 Å². The molecule has 1 aromatic heterocycles. The Balaban J connectivity index is 0.00000199. The normalized spacial score (nSPS) is 12.1. The predicted octanol–water partition coefficient (Wildman–Crippen LogP) is 7.45. The van der Waals surface area contributed by atoms with Crippen molar-refractivity contribution in [2.45, 2.75) is 64.5 Å². The number of nitrogens with zero attached hydrogens (tertiary/aromatic N) is 2. The Kier molecular flexibility index (Phi) is 9.79. The molecule has 0 radical (unpaired) electrons. The zero-order valence-corrected chi connectivity index (χ0v) is 20.9. The Morgan fingerprint density at radius 3 is 2.32 bits per heavy atom. The summed E-state index contributed by atoms with van der Waals surface area (Å²) in [5.74, 6) is 0.275. The molecule has 0 fully saturated rings. The van der Waals surface area contributed by atoms with Crippen molar-refractivity contribution in [3.63, 3.8) is 0 Å². The van der Waals surface area contributed by atoms with E-state index in [-0.39, 0.29) is 12.3 Å². The standard InChI is InChI=1S/C24H25F3N2O2S.C2H6/c1-15(10-11-32-21-9-4-18(13-23(30)31)16(2)12-21)22-14-29(28-17(22)3)20-7-5-19(6-8-20)24(25,26)27;1-2/h4-9,12,14-15H,10-11,13H2,1-3H3,(H,30,31);1-2H3. The first-order valence-corrected chi connectivity index (χ1v) is 12.2. The van der Waals surface area contributed by atoms with Gasteiger partial charge in [0.1, 0.15) is 0 Å². The van der Waals surface area contributed by atoms with Crippen LogP contribution in [0.3, 0.4) is 0 Å². The highest BCUT2D eigenvalue weighted by molar-refractivity contribution is 7.99. The number of halogens is 3. The molecule has 3 rings (SSSR count). The molecule has 0 saturated heterocycles. The minimum Gasteiger partial charge on any atom is -0.481 e. The molecule has 1 unspecified atom stereocenters. The molecular weight excluding hydrogens is 461 g/mol. The minimum absolute atomic E-state index is 0.0238.